The van der Waals surface area contributed by atoms with Crippen LogP contribution in [-0.4, -0.2) is 27.3 Å². The number of halogens is 1. The lowest BCUT2D eigenvalue weighted by Crippen LogP contribution is -2.34. The number of amides is 2. The summed E-state index contributed by atoms with van der Waals surface area (Å²) in [5.74, 6) is 0. The van der Waals surface area contributed by atoms with Gasteiger partial charge in [-0.3, -0.25) is 4.79 Å². The minimum absolute atomic E-state index is 0.227. The zero-order valence-electron chi connectivity index (χ0n) is 15.7. The van der Waals surface area contributed by atoms with E-state index in [1.165, 1.54) is 22.1 Å². The molecule has 0 atom stereocenters. The SMILES string of the molecule is Cc1nc(C)c(-c2ccc(=O)n(CCNC(=O)Nc3ccc(C)c(Cl)c3)n2)s1. The molecule has 0 saturated heterocycles. The first kappa shape index (κ1) is 20.0. The second kappa shape index (κ2) is 8.53. The molecule has 9 heteroatoms. The molecule has 0 unspecified atom stereocenters. The minimum Gasteiger partial charge on any atom is -0.336 e. The topological polar surface area (TPSA) is 88.9 Å². The zero-order chi connectivity index (χ0) is 20.3. The molecule has 1 aromatic carbocycles. The summed E-state index contributed by atoms with van der Waals surface area (Å²) in [6.45, 7) is 6.24. The molecule has 0 aliphatic carbocycles. The van der Waals surface area contributed by atoms with Crippen molar-refractivity contribution in [2.75, 3.05) is 11.9 Å². The molecule has 0 fully saturated rings. The highest BCUT2D eigenvalue weighted by molar-refractivity contribution is 7.15. The van der Waals surface area contributed by atoms with Crippen LogP contribution in [0.1, 0.15) is 16.3 Å². The summed E-state index contributed by atoms with van der Waals surface area (Å²) in [6, 6.07) is 8.08. The van der Waals surface area contributed by atoms with Gasteiger partial charge in [-0.25, -0.2) is 14.5 Å². The summed E-state index contributed by atoms with van der Waals surface area (Å²) in [6.07, 6.45) is 0. The van der Waals surface area contributed by atoms with Crippen molar-refractivity contribution in [3.05, 3.63) is 62.0 Å². The van der Waals surface area contributed by atoms with Crippen molar-refractivity contribution >= 4 is 34.7 Å². The van der Waals surface area contributed by atoms with Crippen LogP contribution in [0.2, 0.25) is 5.02 Å². The standard InChI is InChI=1S/C19H20ClN5O2S/c1-11-4-5-14(10-15(11)20)23-19(27)21-8-9-25-17(26)7-6-16(24-25)18-12(2)22-13(3)28-18/h4-7,10H,8-9H2,1-3H3,(H2,21,23,27). The van der Waals surface area contributed by atoms with Crippen molar-refractivity contribution in [1.82, 2.24) is 20.1 Å². The number of carbonyl (C=O) groups excluding carboxylic acids is 1. The second-order valence-corrected chi connectivity index (χ2v) is 7.88. The number of rotatable bonds is 5. The van der Waals surface area contributed by atoms with Crippen molar-refractivity contribution in [3.63, 3.8) is 0 Å². The van der Waals surface area contributed by atoms with Gasteiger partial charge in [0.25, 0.3) is 5.56 Å². The van der Waals surface area contributed by atoms with Gasteiger partial charge in [0.1, 0.15) is 5.69 Å². The van der Waals surface area contributed by atoms with Gasteiger partial charge in [0.15, 0.2) is 0 Å². The van der Waals surface area contributed by atoms with Crippen LogP contribution in [0.4, 0.5) is 10.5 Å². The van der Waals surface area contributed by atoms with Crippen molar-refractivity contribution in [1.29, 1.82) is 0 Å². The molecular weight excluding hydrogens is 398 g/mol. The Balaban J connectivity index is 1.62. The summed E-state index contributed by atoms with van der Waals surface area (Å²) in [7, 11) is 0. The Morgan fingerprint density at radius 3 is 2.68 bits per heavy atom. The molecule has 0 aliphatic heterocycles. The van der Waals surface area contributed by atoms with E-state index in [1.54, 1.807) is 18.2 Å². The van der Waals surface area contributed by atoms with Crippen LogP contribution in [0, 0.1) is 20.8 Å². The number of thiazole rings is 1. The number of urea groups is 1. The lowest BCUT2D eigenvalue weighted by molar-refractivity contribution is 0.251. The highest BCUT2D eigenvalue weighted by Crippen LogP contribution is 2.27. The normalized spacial score (nSPS) is 10.7. The summed E-state index contributed by atoms with van der Waals surface area (Å²) >= 11 is 7.59. The number of nitrogens with one attached hydrogen (secondary N) is 2. The van der Waals surface area contributed by atoms with Crippen molar-refractivity contribution < 1.29 is 4.79 Å². The molecule has 0 aliphatic rings. The van der Waals surface area contributed by atoms with E-state index < -0.39 is 0 Å². The lowest BCUT2D eigenvalue weighted by Gasteiger charge is -2.10. The van der Waals surface area contributed by atoms with Gasteiger partial charge in [-0.05, 0) is 44.5 Å². The maximum absolute atomic E-state index is 12.1. The van der Waals surface area contributed by atoms with E-state index >= 15 is 0 Å². The van der Waals surface area contributed by atoms with E-state index in [2.05, 4.69) is 20.7 Å². The van der Waals surface area contributed by atoms with Gasteiger partial charge in [-0.1, -0.05) is 17.7 Å². The molecule has 0 saturated carbocycles. The Morgan fingerprint density at radius 1 is 1.21 bits per heavy atom. The van der Waals surface area contributed by atoms with Gasteiger partial charge in [-0.15, -0.1) is 11.3 Å². The highest BCUT2D eigenvalue weighted by Gasteiger charge is 2.11. The molecule has 0 bridgehead atoms. The molecule has 3 rings (SSSR count). The maximum atomic E-state index is 12.1. The third-order valence-corrected chi connectivity index (χ3v) is 5.54. The lowest BCUT2D eigenvalue weighted by atomic mass is 10.2. The summed E-state index contributed by atoms with van der Waals surface area (Å²) in [5.41, 5.74) is 2.89. The quantitative estimate of drug-likeness (QED) is 0.661. The fourth-order valence-electron chi connectivity index (χ4n) is 2.62. The Bertz CT molecular complexity index is 1080. The molecule has 2 aromatic heterocycles. The van der Waals surface area contributed by atoms with E-state index in [4.69, 9.17) is 11.6 Å². The summed E-state index contributed by atoms with van der Waals surface area (Å²) < 4.78 is 1.34. The van der Waals surface area contributed by atoms with Crippen LogP contribution in [0.3, 0.4) is 0 Å². The highest BCUT2D eigenvalue weighted by atomic mass is 35.5. The summed E-state index contributed by atoms with van der Waals surface area (Å²) in [5, 5.41) is 11.4. The first-order valence-electron chi connectivity index (χ1n) is 8.67. The number of anilines is 1. The van der Waals surface area contributed by atoms with Gasteiger partial charge >= 0.3 is 6.03 Å². The van der Waals surface area contributed by atoms with Crippen LogP contribution < -0.4 is 16.2 Å². The Kier molecular flexibility index (Phi) is 6.11. The third-order valence-electron chi connectivity index (χ3n) is 4.04. The number of benzene rings is 1. The van der Waals surface area contributed by atoms with Crippen molar-refractivity contribution in [2.45, 2.75) is 27.3 Å². The van der Waals surface area contributed by atoms with Gasteiger partial charge in [0, 0.05) is 23.3 Å². The van der Waals surface area contributed by atoms with Crippen LogP contribution in [0.25, 0.3) is 10.6 Å². The molecule has 146 valence electrons. The molecule has 2 heterocycles. The fourth-order valence-corrected chi connectivity index (χ4v) is 3.69. The predicted octanol–water partition coefficient (Wildman–Crippen LogP) is 3.77. The van der Waals surface area contributed by atoms with Crippen LogP contribution >= 0.6 is 22.9 Å². The zero-order valence-corrected chi connectivity index (χ0v) is 17.3. The average Bonchev–Trinajstić information content (AvgIpc) is 2.98. The maximum Gasteiger partial charge on any atom is 0.319 e. The van der Waals surface area contributed by atoms with Crippen LogP contribution in [-0.2, 0) is 6.54 Å². The van der Waals surface area contributed by atoms with Crippen LogP contribution in [0.5, 0.6) is 0 Å². The van der Waals surface area contributed by atoms with Gasteiger partial charge in [0.2, 0.25) is 0 Å². The Hall–Kier alpha value is -2.71. The second-order valence-electron chi connectivity index (χ2n) is 6.27. The number of aryl methyl sites for hydroxylation is 3. The number of nitrogens with zero attached hydrogens (tertiary/aromatic N) is 3. The number of hydrogen-bond donors (Lipinski definition) is 2. The minimum atomic E-state index is -0.377. The largest absolute Gasteiger partial charge is 0.336 e. The molecule has 7 nitrogen and oxygen atoms in total. The van der Waals surface area contributed by atoms with E-state index in [0.29, 0.717) is 16.4 Å². The predicted molar refractivity (Wildman–Crippen MR) is 112 cm³/mol. The monoisotopic (exact) mass is 417 g/mol. The van der Waals surface area contributed by atoms with Gasteiger partial charge in [0.05, 0.1) is 22.1 Å². The average molecular weight is 418 g/mol. The summed E-state index contributed by atoms with van der Waals surface area (Å²) in [4.78, 5) is 29.4. The molecule has 0 radical (unpaired) electrons. The molecule has 0 spiro atoms. The number of carbonyl (C=O) groups is 1. The first-order valence-corrected chi connectivity index (χ1v) is 9.86. The van der Waals surface area contributed by atoms with Crippen molar-refractivity contribution in [3.8, 4) is 10.6 Å². The molecule has 2 amide bonds. The molecule has 3 aromatic rings. The Morgan fingerprint density at radius 2 is 2.00 bits per heavy atom. The van der Waals surface area contributed by atoms with Gasteiger partial charge < -0.3 is 10.6 Å². The third kappa shape index (κ3) is 4.76. The number of hydrogen-bond acceptors (Lipinski definition) is 5. The molecule has 28 heavy (non-hydrogen) atoms. The molecular formula is C19H20ClN5O2S. The molecule has 2 N–H and O–H groups in total. The van der Waals surface area contributed by atoms with Crippen LogP contribution in [0.15, 0.2) is 35.1 Å². The Labute approximate surface area is 171 Å². The smallest absolute Gasteiger partial charge is 0.319 e. The number of aromatic nitrogens is 3. The van der Waals surface area contributed by atoms with E-state index in [1.807, 2.05) is 26.8 Å². The van der Waals surface area contributed by atoms with Gasteiger partial charge in [-0.2, -0.15) is 5.10 Å². The van der Waals surface area contributed by atoms with Crippen molar-refractivity contribution in [2.24, 2.45) is 0 Å². The van der Waals surface area contributed by atoms with E-state index in [9.17, 15) is 9.59 Å². The van der Waals surface area contributed by atoms with E-state index in [0.717, 1.165) is 21.1 Å². The van der Waals surface area contributed by atoms with E-state index in [-0.39, 0.29) is 24.7 Å². The fraction of sp³-hybridized carbons (Fsp3) is 0.263. The first-order chi connectivity index (χ1) is 13.3.